The second-order valence-electron chi connectivity index (χ2n) is 1.53. The average Bonchev–Trinajstić information content (AvgIpc) is 1.84. The van der Waals surface area contributed by atoms with E-state index >= 15 is 0 Å². The molecule has 2 unspecified atom stereocenters. The maximum absolute atomic E-state index is 9.63. The molecule has 64 valence electrons. The standard InChI is InChI=1S/C4H6O6.Ru/c5-1(3(7)8)2(6)4(9)10;/h1-2,5-6H,(H,7,8)(H,9,10);/q;+2/p-2. The summed E-state index contributed by atoms with van der Waals surface area (Å²) in [4.78, 5) is 19.3. The Morgan fingerprint density at radius 3 is 1.27 bits per heavy atom. The molecule has 6 nitrogen and oxygen atoms in total. The maximum Gasteiger partial charge on any atom is 2.00 e. The van der Waals surface area contributed by atoms with Crippen LogP contribution in [0.1, 0.15) is 0 Å². The van der Waals surface area contributed by atoms with Gasteiger partial charge >= 0.3 is 19.5 Å². The van der Waals surface area contributed by atoms with Crippen LogP contribution in [0.4, 0.5) is 0 Å². The van der Waals surface area contributed by atoms with Gasteiger partial charge in [0.1, 0.15) is 12.2 Å². The normalized spacial score (nSPS) is 14.4. The number of carbonyl (C=O) groups is 2. The predicted molar refractivity (Wildman–Crippen MR) is 22.0 cm³/mol. The number of carbonyl (C=O) groups excluding carboxylic acids is 2. The van der Waals surface area contributed by atoms with Crippen molar-refractivity contribution in [3.63, 3.8) is 0 Å². The molecular formula is C4H4O6Ru. The first-order valence-electron chi connectivity index (χ1n) is 2.24. The molecule has 0 aliphatic heterocycles. The van der Waals surface area contributed by atoms with Crippen molar-refractivity contribution in [2.45, 2.75) is 12.2 Å². The van der Waals surface area contributed by atoms with Crippen molar-refractivity contribution in [2.24, 2.45) is 0 Å². The van der Waals surface area contributed by atoms with Crippen molar-refractivity contribution >= 4 is 11.9 Å². The Bertz CT molecular complexity index is 139. The second-order valence-corrected chi connectivity index (χ2v) is 1.53. The van der Waals surface area contributed by atoms with Crippen molar-refractivity contribution in [3.05, 3.63) is 0 Å². The Morgan fingerprint density at radius 1 is 1.00 bits per heavy atom. The number of aliphatic hydroxyl groups is 2. The summed E-state index contributed by atoms with van der Waals surface area (Å²) in [6, 6.07) is 0. The fourth-order valence-corrected chi connectivity index (χ4v) is 0.258. The van der Waals surface area contributed by atoms with Crippen LogP contribution in [0.25, 0.3) is 0 Å². The quantitative estimate of drug-likeness (QED) is 0.484. The van der Waals surface area contributed by atoms with Crippen LogP contribution in [0.3, 0.4) is 0 Å². The third-order valence-electron chi connectivity index (χ3n) is 0.782. The first kappa shape index (κ1) is 13.1. The van der Waals surface area contributed by atoms with Crippen LogP contribution < -0.4 is 10.2 Å². The van der Waals surface area contributed by atoms with Gasteiger partial charge in [-0.2, -0.15) is 0 Å². The number of hydrogen-bond donors (Lipinski definition) is 2. The third kappa shape index (κ3) is 4.03. The van der Waals surface area contributed by atoms with E-state index in [-0.39, 0.29) is 19.5 Å². The Morgan fingerprint density at radius 2 is 1.18 bits per heavy atom. The summed E-state index contributed by atoms with van der Waals surface area (Å²) < 4.78 is 0. The van der Waals surface area contributed by atoms with E-state index in [1.54, 1.807) is 0 Å². The predicted octanol–water partition coefficient (Wildman–Crippen LogP) is -4.79. The van der Waals surface area contributed by atoms with Gasteiger partial charge in [-0.05, 0) is 0 Å². The van der Waals surface area contributed by atoms with Crippen molar-refractivity contribution in [3.8, 4) is 0 Å². The summed E-state index contributed by atoms with van der Waals surface area (Å²) in [7, 11) is 0. The molecule has 0 aromatic rings. The number of aliphatic hydroxyl groups excluding tert-OH is 2. The molecule has 0 aliphatic rings. The summed E-state index contributed by atoms with van der Waals surface area (Å²) in [5.41, 5.74) is 0. The van der Waals surface area contributed by atoms with Gasteiger partial charge in [0.05, 0.1) is 11.9 Å². The molecule has 0 saturated heterocycles. The van der Waals surface area contributed by atoms with E-state index < -0.39 is 24.1 Å². The van der Waals surface area contributed by atoms with E-state index in [1.807, 2.05) is 0 Å². The fourth-order valence-electron chi connectivity index (χ4n) is 0.258. The minimum Gasteiger partial charge on any atom is -0.547 e. The van der Waals surface area contributed by atoms with Gasteiger partial charge in [-0.15, -0.1) is 0 Å². The first-order valence-corrected chi connectivity index (χ1v) is 2.24. The van der Waals surface area contributed by atoms with Crippen LogP contribution >= 0.6 is 0 Å². The van der Waals surface area contributed by atoms with Crippen LogP contribution in [-0.2, 0) is 29.1 Å². The van der Waals surface area contributed by atoms with E-state index in [0.717, 1.165) is 0 Å². The first-order chi connectivity index (χ1) is 4.46. The molecule has 7 heteroatoms. The molecule has 0 spiro atoms. The average molecular weight is 249 g/mol. The van der Waals surface area contributed by atoms with Gasteiger partial charge in [-0.1, -0.05) is 0 Å². The van der Waals surface area contributed by atoms with Crippen molar-refractivity contribution in [1.29, 1.82) is 0 Å². The summed E-state index contributed by atoms with van der Waals surface area (Å²) in [5.74, 6) is -4.12. The van der Waals surface area contributed by atoms with E-state index in [9.17, 15) is 19.8 Å². The molecule has 0 radical (unpaired) electrons. The van der Waals surface area contributed by atoms with E-state index in [2.05, 4.69) is 0 Å². The Kier molecular flexibility index (Phi) is 6.16. The molecule has 2 N–H and O–H groups in total. The molecule has 0 amide bonds. The molecule has 0 bridgehead atoms. The molecule has 2 atom stereocenters. The Hall–Kier alpha value is -0.517. The van der Waals surface area contributed by atoms with E-state index in [0.29, 0.717) is 0 Å². The molecule has 0 fully saturated rings. The van der Waals surface area contributed by atoms with Gasteiger partial charge in [0.2, 0.25) is 0 Å². The van der Waals surface area contributed by atoms with Gasteiger partial charge in [0.25, 0.3) is 0 Å². The Balaban J connectivity index is 0. The number of aliphatic carboxylic acids is 2. The number of carboxylic acids is 2. The maximum atomic E-state index is 9.63. The summed E-state index contributed by atoms with van der Waals surface area (Å²) in [6.45, 7) is 0. The molecule has 0 aliphatic carbocycles. The molecular weight excluding hydrogens is 245 g/mol. The Labute approximate surface area is 74.2 Å². The minimum atomic E-state index is -2.44. The van der Waals surface area contributed by atoms with Gasteiger partial charge in [-0.3, -0.25) is 0 Å². The van der Waals surface area contributed by atoms with Crippen LogP contribution in [-0.4, -0.2) is 34.4 Å². The van der Waals surface area contributed by atoms with Gasteiger partial charge in [-0.25, -0.2) is 0 Å². The largest absolute Gasteiger partial charge is 2.00 e. The van der Waals surface area contributed by atoms with Crippen molar-refractivity contribution in [1.82, 2.24) is 0 Å². The molecule has 0 heterocycles. The third-order valence-corrected chi connectivity index (χ3v) is 0.782. The molecule has 0 rings (SSSR count). The van der Waals surface area contributed by atoms with Gasteiger partial charge in [0.15, 0.2) is 0 Å². The monoisotopic (exact) mass is 250 g/mol. The summed E-state index contributed by atoms with van der Waals surface area (Å²) in [6.07, 6.45) is -4.88. The topological polar surface area (TPSA) is 121 Å². The zero-order valence-corrected chi connectivity index (χ0v) is 6.77. The SMILES string of the molecule is O=C([O-])C(O)C(O)C(=O)[O-].[Ru+2]. The van der Waals surface area contributed by atoms with Crippen molar-refractivity contribution in [2.75, 3.05) is 0 Å². The number of rotatable bonds is 3. The molecule has 0 aromatic carbocycles. The summed E-state index contributed by atoms with van der Waals surface area (Å²) in [5, 5.41) is 35.7. The van der Waals surface area contributed by atoms with E-state index in [4.69, 9.17) is 10.2 Å². The second kappa shape index (κ2) is 5.18. The van der Waals surface area contributed by atoms with Gasteiger partial charge < -0.3 is 30.0 Å². The zero-order valence-electron chi connectivity index (χ0n) is 5.04. The van der Waals surface area contributed by atoms with Gasteiger partial charge in [0, 0.05) is 0 Å². The summed E-state index contributed by atoms with van der Waals surface area (Å²) >= 11 is 0. The number of carboxylic acid groups (broad SMARTS) is 2. The van der Waals surface area contributed by atoms with Crippen LogP contribution in [0, 0.1) is 0 Å². The molecule has 0 aromatic heterocycles. The van der Waals surface area contributed by atoms with Crippen LogP contribution in [0.5, 0.6) is 0 Å². The molecule has 11 heavy (non-hydrogen) atoms. The zero-order chi connectivity index (χ0) is 8.31. The minimum absolute atomic E-state index is 0. The van der Waals surface area contributed by atoms with Crippen LogP contribution in [0.2, 0.25) is 0 Å². The van der Waals surface area contributed by atoms with E-state index in [1.165, 1.54) is 0 Å². The molecule has 0 saturated carbocycles. The number of hydrogen-bond acceptors (Lipinski definition) is 6. The fraction of sp³-hybridized carbons (Fsp3) is 0.500. The van der Waals surface area contributed by atoms with Crippen LogP contribution in [0.15, 0.2) is 0 Å². The van der Waals surface area contributed by atoms with Crippen molar-refractivity contribution < 1.29 is 49.5 Å². The smallest absolute Gasteiger partial charge is 0.547 e.